The molecule has 0 saturated heterocycles. The van der Waals surface area contributed by atoms with Gasteiger partial charge in [-0.15, -0.1) is 0 Å². The smallest absolute Gasteiger partial charge is 0.130 e. The average molecular weight is 349 g/mol. The molecule has 124 valence electrons. The van der Waals surface area contributed by atoms with Crippen molar-refractivity contribution in [3.05, 3.63) is 95.4 Å². The largest absolute Gasteiger partial charge is 0.487 e. The lowest BCUT2D eigenvalue weighted by molar-refractivity contribution is 0.302. The van der Waals surface area contributed by atoms with E-state index >= 15 is 0 Å². The first-order chi connectivity index (χ1) is 12.3. The molecule has 4 heteroatoms. The molecule has 2 aromatic carbocycles. The molecule has 4 rings (SSSR count). The fourth-order valence-electron chi connectivity index (χ4n) is 2.83. The van der Waals surface area contributed by atoms with Crippen LogP contribution in [0.2, 0.25) is 5.02 Å². The van der Waals surface area contributed by atoms with Gasteiger partial charge < -0.3 is 9.30 Å². The number of halogens is 1. The van der Waals surface area contributed by atoms with Gasteiger partial charge in [-0.2, -0.15) is 0 Å². The van der Waals surface area contributed by atoms with Crippen molar-refractivity contribution in [2.45, 2.75) is 13.2 Å². The zero-order chi connectivity index (χ0) is 17.1. The molecule has 2 aromatic heterocycles. The predicted molar refractivity (Wildman–Crippen MR) is 101 cm³/mol. The maximum absolute atomic E-state index is 5.95. The Kier molecular flexibility index (Phi) is 4.40. The second-order valence-corrected chi connectivity index (χ2v) is 6.34. The number of hydrogen-bond acceptors (Lipinski definition) is 2. The molecule has 0 bridgehead atoms. The van der Waals surface area contributed by atoms with Crippen LogP contribution in [0, 0.1) is 0 Å². The standard InChI is InChI=1S/C21H17ClN2O/c22-18-6-4-16(5-7-18)14-24-12-10-17-13-20(8-9-21(17)24)25-15-19-3-1-2-11-23-19/h1-13H,14-15H2. The highest BCUT2D eigenvalue weighted by Gasteiger charge is 2.05. The van der Waals surface area contributed by atoms with Crippen LogP contribution in [0.1, 0.15) is 11.3 Å². The van der Waals surface area contributed by atoms with Crippen LogP contribution in [0.4, 0.5) is 0 Å². The molecule has 0 unspecified atom stereocenters. The summed E-state index contributed by atoms with van der Waals surface area (Å²) in [6.07, 6.45) is 3.88. The highest BCUT2D eigenvalue weighted by atomic mass is 35.5. The number of pyridine rings is 1. The van der Waals surface area contributed by atoms with Crippen molar-refractivity contribution in [3.8, 4) is 5.75 Å². The summed E-state index contributed by atoms with van der Waals surface area (Å²) in [6, 6.07) is 22.1. The lowest BCUT2D eigenvalue weighted by atomic mass is 10.2. The van der Waals surface area contributed by atoms with E-state index in [1.165, 1.54) is 11.1 Å². The highest BCUT2D eigenvalue weighted by Crippen LogP contribution is 2.23. The van der Waals surface area contributed by atoms with Crippen molar-refractivity contribution >= 4 is 22.5 Å². The van der Waals surface area contributed by atoms with Gasteiger partial charge >= 0.3 is 0 Å². The predicted octanol–water partition coefficient (Wildman–Crippen LogP) is 5.32. The molecule has 2 heterocycles. The topological polar surface area (TPSA) is 27.1 Å². The summed E-state index contributed by atoms with van der Waals surface area (Å²) in [7, 11) is 0. The van der Waals surface area contributed by atoms with Crippen LogP contribution in [0.3, 0.4) is 0 Å². The molecule has 0 aliphatic carbocycles. The molecular weight excluding hydrogens is 332 g/mol. The van der Waals surface area contributed by atoms with Gasteiger partial charge in [0.2, 0.25) is 0 Å². The molecule has 25 heavy (non-hydrogen) atoms. The first kappa shape index (κ1) is 15.7. The van der Waals surface area contributed by atoms with Gasteiger partial charge in [0.1, 0.15) is 12.4 Å². The van der Waals surface area contributed by atoms with Crippen LogP contribution in [0.15, 0.2) is 79.1 Å². The third-order valence-electron chi connectivity index (χ3n) is 4.12. The summed E-state index contributed by atoms with van der Waals surface area (Å²) < 4.78 is 8.08. The minimum Gasteiger partial charge on any atom is -0.487 e. The van der Waals surface area contributed by atoms with Crippen LogP contribution in [0.5, 0.6) is 5.75 Å². The van der Waals surface area contributed by atoms with Crippen LogP contribution in [-0.4, -0.2) is 9.55 Å². The molecule has 0 aliphatic rings. The van der Waals surface area contributed by atoms with Crippen molar-refractivity contribution < 1.29 is 4.74 Å². The summed E-state index contributed by atoms with van der Waals surface area (Å²) in [4.78, 5) is 4.27. The maximum atomic E-state index is 5.95. The van der Waals surface area contributed by atoms with E-state index < -0.39 is 0 Å². The molecule has 0 radical (unpaired) electrons. The quantitative estimate of drug-likeness (QED) is 0.488. The third-order valence-corrected chi connectivity index (χ3v) is 4.37. The Bertz CT molecular complexity index is 978. The van der Waals surface area contributed by atoms with E-state index in [4.69, 9.17) is 16.3 Å². The molecule has 0 fully saturated rings. The summed E-state index contributed by atoms with van der Waals surface area (Å²) >= 11 is 5.95. The number of fused-ring (bicyclic) bond motifs is 1. The van der Waals surface area contributed by atoms with Crippen molar-refractivity contribution in [1.29, 1.82) is 0 Å². The Balaban J connectivity index is 1.51. The number of aromatic nitrogens is 2. The highest BCUT2D eigenvalue weighted by molar-refractivity contribution is 6.30. The molecule has 3 nitrogen and oxygen atoms in total. The van der Waals surface area contributed by atoms with E-state index in [2.05, 4.69) is 46.1 Å². The van der Waals surface area contributed by atoms with E-state index in [-0.39, 0.29) is 0 Å². The van der Waals surface area contributed by atoms with Gasteiger partial charge in [0.15, 0.2) is 0 Å². The zero-order valence-electron chi connectivity index (χ0n) is 13.6. The monoisotopic (exact) mass is 348 g/mol. The second-order valence-electron chi connectivity index (χ2n) is 5.90. The molecule has 4 aromatic rings. The summed E-state index contributed by atoms with van der Waals surface area (Å²) in [5.74, 6) is 0.849. The van der Waals surface area contributed by atoms with Gasteiger partial charge in [0.25, 0.3) is 0 Å². The van der Waals surface area contributed by atoms with Crippen molar-refractivity contribution in [2.24, 2.45) is 0 Å². The van der Waals surface area contributed by atoms with E-state index in [1.807, 2.05) is 36.4 Å². The summed E-state index contributed by atoms with van der Waals surface area (Å²) in [6.45, 7) is 1.28. The fourth-order valence-corrected chi connectivity index (χ4v) is 2.96. The Labute approximate surface area is 151 Å². The Morgan fingerprint density at radius 1 is 0.960 bits per heavy atom. The Morgan fingerprint density at radius 2 is 1.84 bits per heavy atom. The van der Waals surface area contributed by atoms with Gasteiger partial charge in [-0.05, 0) is 54.1 Å². The van der Waals surface area contributed by atoms with Crippen LogP contribution in [-0.2, 0) is 13.2 Å². The van der Waals surface area contributed by atoms with E-state index in [0.717, 1.165) is 28.4 Å². The van der Waals surface area contributed by atoms with Crippen molar-refractivity contribution in [3.63, 3.8) is 0 Å². The molecule has 0 atom stereocenters. The first-order valence-corrected chi connectivity index (χ1v) is 8.52. The number of nitrogens with zero attached hydrogens (tertiary/aromatic N) is 2. The van der Waals surface area contributed by atoms with Gasteiger partial charge in [-0.1, -0.05) is 29.8 Å². The molecular formula is C21H17ClN2O. The van der Waals surface area contributed by atoms with Gasteiger partial charge in [-0.3, -0.25) is 4.98 Å². The average Bonchev–Trinajstić information content (AvgIpc) is 3.05. The molecule has 0 spiro atoms. The van der Waals surface area contributed by atoms with Crippen molar-refractivity contribution in [1.82, 2.24) is 9.55 Å². The molecule has 0 N–H and O–H groups in total. The molecule has 0 aliphatic heterocycles. The lowest BCUT2D eigenvalue weighted by Crippen LogP contribution is -1.99. The minimum absolute atomic E-state index is 0.470. The van der Waals surface area contributed by atoms with Crippen LogP contribution < -0.4 is 4.74 Å². The summed E-state index contributed by atoms with van der Waals surface area (Å²) in [5, 5.41) is 1.92. The number of benzene rings is 2. The minimum atomic E-state index is 0.470. The zero-order valence-corrected chi connectivity index (χ0v) is 14.4. The van der Waals surface area contributed by atoms with Crippen LogP contribution in [0.25, 0.3) is 10.9 Å². The normalized spacial score (nSPS) is 10.9. The molecule has 0 saturated carbocycles. The van der Waals surface area contributed by atoms with Gasteiger partial charge in [-0.25, -0.2) is 0 Å². The Morgan fingerprint density at radius 3 is 2.64 bits per heavy atom. The number of ether oxygens (including phenoxy) is 1. The fraction of sp³-hybridized carbons (Fsp3) is 0.0952. The number of rotatable bonds is 5. The molecule has 0 amide bonds. The Hall–Kier alpha value is -2.78. The van der Waals surface area contributed by atoms with Crippen molar-refractivity contribution in [2.75, 3.05) is 0 Å². The van der Waals surface area contributed by atoms with E-state index in [0.29, 0.717) is 6.61 Å². The van der Waals surface area contributed by atoms with E-state index in [9.17, 15) is 0 Å². The number of hydrogen-bond donors (Lipinski definition) is 0. The first-order valence-electron chi connectivity index (χ1n) is 8.14. The van der Waals surface area contributed by atoms with Gasteiger partial charge in [0, 0.05) is 34.9 Å². The third kappa shape index (κ3) is 3.67. The lowest BCUT2D eigenvalue weighted by Gasteiger charge is -2.08. The SMILES string of the molecule is Clc1ccc(Cn2ccc3cc(OCc4ccccn4)ccc32)cc1. The maximum Gasteiger partial charge on any atom is 0.130 e. The second kappa shape index (κ2) is 6.99. The van der Waals surface area contributed by atoms with E-state index in [1.54, 1.807) is 6.20 Å². The summed E-state index contributed by atoms with van der Waals surface area (Å²) in [5.41, 5.74) is 3.32. The van der Waals surface area contributed by atoms with Gasteiger partial charge in [0.05, 0.1) is 5.69 Å². The van der Waals surface area contributed by atoms with Crippen LogP contribution >= 0.6 is 11.6 Å².